The number of likely N-dealkylation sites (N-methyl/N-ethyl adjacent to an activating group) is 1. The third-order valence-electron chi connectivity index (χ3n) is 4.91. The summed E-state index contributed by atoms with van der Waals surface area (Å²) in [6, 6.07) is 11.2. The number of nitrogens with one attached hydrogen (secondary N) is 1. The number of amides is 2. The van der Waals surface area contributed by atoms with Crippen LogP contribution in [0.3, 0.4) is 0 Å². The van der Waals surface area contributed by atoms with E-state index in [0.717, 1.165) is 5.56 Å². The number of carbonyl (C=O) groups excluding carboxylic acids is 2. The number of benzene rings is 2. The Morgan fingerprint density at radius 2 is 1.97 bits per heavy atom. The molecule has 0 spiro atoms. The van der Waals surface area contributed by atoms with Gasteiger partial charge in [0.15, 0.2) is 0 Å². The van der Waals surface area contributed by atoms with Crippen LogP contribution in [0.1, 0.15) is 12.0 Å². The number of hydrogen-bond acceptors (Lipinski definition) is 4. The van der Waals surface area contributed by atoms with E-state index in [-0.39, 0.29) is 24.5 Å². The van der Waals surface area contributed by atoms with Gasteiger partial charge in [-0.15, -0.1) is 0 Å². The summed E-state index contributed by atoms with van der Waals surface area (Å²) in [6.45, 7) is 2.29. The molecule has 0 fully saturated rings. The van der Waals surface area contributed by atoms with Crippen molar-refractivity contribution in [1.29, 1.82) is 0 Å². The van der Waals surface area contributed by atoms with Gasteiger partial charge in [0.1, 0.15) is 18.4 Å². The third-order valence-corrected chi connectivity index (χ3v) is 4.91. The van der Waals surface area contributed by atoms with Crippen molar-refractivity contribution in [2.24, 2.45) is 0 Å². The molecule has 0 bridgehead atoms. The van der Waals surface area contributed by atoms with Gasteiger partial charge in [-0.05, 0) is 43.8 Å². The third kappa shape index (κ3) is 5.75. The van der Waals surface area contributed by atoms with Crippen molar-refractivity contribution in [3.63, 3.8) is 0 Å². The number of aryl methyl sites for hydroxylation is 1. The van der Waals surface area contributed by atoms with Crippen LogP contribution in [0.4, 0.5) is 24.5 Å². The molecule has 3 rings (SSSR count). The smallest absolute Gasteiger partial charge is 0.409 e. The van der Waals surface area contributed by atoms with Crippen molar-refractivity contribution < 1.29 is 27.5 Å². The topological polar surface area (TPSA) is 61.9 Å². The second-order valence-electron chi connectivity index (χ2n) is 7.49. The van der Waals surface area contributed by atoms with Gasteiger partial charge in [0.25, 0.3) is 0 Å². The molecule has 31 heavy (non-hydrogen) atoms. The standard InChI is InChI=1S/C22H24F3N3O3/c1-15-6-5-7-16(12-15)31-11-10-27(2)14-21(30)28-18-9-4-3-8-17(18)26-20(29)13-19(28)22(23,24)25/h3-9,12,19H,10-11,13-14H2,1-2H3,(H,26,29). The first kappa shape index (κ1) is 22.6. The molecule has 1 unspecified atom stereocenters. The Kier molecular flexibility index (Phi) is 6.84. The summed E-state index contributed by atoms with van der Waals surface area (Å²) in [5.74, 6) is -0.850. The monoisotopic (exact) mass is 435 g/mol. The lowest BCUT2D eigenvalue weighted by Gasteiger charge is -2.32. The summed E-state index contributed by atoms with van der Waals surface area (Å²) < 4.78 is 46.9. The Morgan fingerprint density at radius 3 is 2.68 bits per heavy atom. The number of ether oxygens (including phenoxy) is 1. The predicted octanol–water partition coefficient (Wildman–Crippen LogP) is 3.61. The quantitative estimate of drug-likeness (QED) is 0.753. The largest absolute Gasteiger partial charge is 0.492 e. The molecule has 2 amide bonds. The molecule has 1 N–H and O–H groups in total. The maximum absolute atomic E-state index is 13.8. The summed E-state index contributed by atoms with van der Waals surface area (Å²) in [6.07, 6.45) is -5.61. The molecule has 6 nitrogen and oxygen atoms in total. The number of fused-ring (bicyclic) bond motifs is 1. The zero-order valence-electron chi connectivity index (χ0n) is 17.3. The van der Waals surface area contributed by atoms with Gasteiger partial charge < -0.3 is 10.1 Å². The van der Waals surface area contributed by atoms with E-state index in [1.165, 1.54) is 18.2 Å². The highest BCUT2D eigenvalue weighted by molar-refractivity contribution is 6.05. The SMILES string of the molecule is Cc1cccc(OCCN(C)CC(=O)N2c3ccccc3NC(=O)CC2C(F)(F)F)c1. The average molecular weight is 435 g/mol. The highest BCUT2D eigenvalue weighted by Gasteiger charge is 2.49. The van der Waals surface area contributed by atoms with Crippen molar-refractivity contribution in [2.45, 2.75) is 25.6 Å². The second kappa shape index (κ2) is 9.38. The fraction of sp³-hybridized carbons (Fsp3) is 0.364. The molecular weight excluding hydrogens is 411 g/mol. The first-order valence-electron chi connectivity index (χ1n) is 9.81. The van der Waals surface area contributed by atoms with Crippen molar-refractivity contribution in [2.75, 3.05) is 37.0 Å². The van der Waals surface area contributed by atoms with E-state index < -0.39 is 30.5 Å². The number of halogens is 3. The van der Waals surface area contributed by atoms with E-state index in [1.807, 2.05) is 31.2 Å². The molecule has 166 valence electrons. The van der Waals surface area contributed by atoms with Gasteiger partial charge in [0.2, 0.25) is 11.8 Å². The van der Waals surface area contributed by atoms with Crippen LogP contribution in [-0.2, 0) is 9.59 Å². The molecule has 0 aliphatic carbocycles. The molecular formula is C22H24F3N3O3. The lowest BCUT2D eigenvalue weighted by Crippen LogP contribution is -2.52. The van der Waals surface area contributed by atoms with Crippen LogP contribution in [0.25, 0.3) is 0 Å². The van der Waals surface area contributed by atoms with E-state index in [4.69, 9.17) is 4.74 Å². The van der Waals surface area contributed by atoms with Crippen molar-refractivity contribution in [3.05, 3.63) is 54.1 Å². The highest BCUT2D eigenvalue weighted by Crippen LogP contribution is 2.37. The predicted molar refractivity (Wildman–Crippen MR) is 111 cm³/mol. The van der Waals surface area contributed by atoms with Gasteiger partial charge in [-0.25, -0.2) is 0 Å². The Morgan fingerprint density at radius 1 is 1.23 bits per heavy atom. The lowest BCUT2D eigenvalue weighted by molar-refractivity contribution is -0.158. The number of nitrogens with zero attached hydrogens (tertiary/aromatic N) is 2. The van der Waals surface area contributed by atoms with E-state index in [1.54, 1.807) is 18.0 Å². The molecule has 9 heteroatoms. The Labute approximate surface area is 178 Å². The molecule has 0 saturated heterocycles. The van der Waals surface area contributed by atoms with Crippen LogP contribution < -0.4 is 15.0 Å². The van der Waals surface area contributed by atoms with Gasteiger partial charge >= 0.3 is 6.18 Å². The number of anilines is 2. The molecule has 2 aromatic carbocycles. The normalized spacial score (nSPS) is 16.5. The van der Waals surface area contributed by atoms with Crippen LogP contribution in [-0.4, -0.2) is 55.7 Å². The molecule has 0 saturated carbocycles. The number of rotatable bonds is 6. The first-order chi connectivity index (χ1) is 14.6. The maximum atomic E-state index is 13.8. The van der Waals surface area contributed by atoms with Gasteiger partial charge in [0, 0.05) is 6.54 Å². The second-order valence-corrected chi connectivity index (χ2v) is 7.49. The van der Waals surface area contributed by atoms with E-state index in [2.05, 4.69) is 5.32 Å². The molecule has 0 aromatic heterocycles. The van der Waals surface area contributed by atoms with Crippen molar-refractivity contribution in [3.8, 4) is 5.75 Å². The minimum atomic E-state index is -4.75. The zero-order valence-corrected chi connectivity index (χ0v) is 17.3. The Bertz CT molecular complexity index is 949. The number of hydrogen-bond donors (Lipinski definition) is 1. The highest BCUT2D eigenvalue weighted by atomic mass is 19.4. The van der Waals surface area contributed by atoms with Crippen LogP contribution in [0.2, 0.25) is 0 Å². The maximum Gasteiger partial charge on any atom is 0.409 e. The summed E-state index contributed by atoms with van der Waals surface area (Å²) in [5, 5.41) is 2.45. The fourth-order valence-electron chi connectivity index (χ4n) is 3.41. The van der Waals surface area contributed by atoms with E-state index >= 15 is 0 Å². The van der Waals surface area contributed by atoms with Crippen LogP contribution >= 0.6 is 0 Å². The fourth-order valence-corrected chi connectivity index (χ4v) is 3.41. The van der Waals surface area contributed by atoms with Gasteiger partial charge in [-0.1, -0.05) is 24.3 Å². The number of carbonyl (C=O) groups is 2. The van der Waals surface area contributed by atoms with E-state index in [9.17, 15) is 22.8 Å². The number of alkyl halides is 3. The zero-order chi connectivity index (χ0) is 22.6. The summed E-state index contributed by atoms with van der Waals surface area (Å²) >= 11 is 0. The minimum absolute atomic E-state index is 0.0325. The molecule has 0 radical (unpaired) electrons. The van der Waals surface area contributed by atoms with Crippen LogP contribution in [0.5, 0.6) is 5.75 Å². The van der Waals surface area contributed by atoms with Gasteiger partial charge in [-0.2, -0.15) is 13.2 Å². The lowest BCUT2D eigenvalue weighted by atomic mass is 10.1. The Hall–Kier alpha value is -3.07. The molecule has 1 heterocycles. The summed E-state index contributed by atoms with van der Waals surface area (Å²) in [7, 11) is 1.63. The van der Waals surface area contributed by atoms with Crippen LogP contribution in [0.15, 0.2) is 48.5 Å². The van der Waals surface area contributed by atoms with E-state index in [0.29, 0.717) is 17.2 Å². The molecule has 1 atom stereocenters. The Balaban J connectivity index is 1.72. The van der Waals surface area contributed by atoms with Crippen molar-refractivity contribution in [1.82, 2.24) is 4.90 Å². The first-order valence-corrected chi connectivity index (χ1v) is 9.81. The van der Waals surface area contributed by atoms with Gasteiger partial charge in [0.05, 0.1) is 24.3 Å². The minimum Gasteiger partial charge on any atom is -0.492 e. The molecule has 1 aliphatic rings. The van der Waals surface area contributed by atoms with Crippen LogP contribution in [0, 0.1) is 6.92 Å². The molecule has 2 aromatic rings. The summed E-state index contributed by atoms with van der Waals surface area (Å²) in [4.78, 5) is 27.3. The van der Waals surface area contributed by atoms with Gasteiger partial charge in [-0.3, -0.25) is 19.4 Å². The summed E-state index contributed by atoms with van der Waals surface area (Å²) in [5.41, 5.74) is 1.25. The molecule has 1 aliphatic heterocycles. The number of para-hydroxylation sites is 2. The average Bonchev–Trinajstić information content (AvgIpc) is 2.83. The van der Waals surface area contributed by atoms with Crippen molar-refractivity contribution >= 4 is 23.2 Å².